The molecule has 0 atom stereocenters. The van der Waals surface area contributed by atoms with Gasteiger partial charge in [-0.05, 0) is 45.4 Å². The molecule has 0 radical (unpaired) electrons. The lowest BCUT2D eigenvalue weighted by atomic mass is 10.1. The summed E-state index contributed by atoms with van der Waals surface area (Å²) in [6.45, 7) is 7.31. The molecule has 1 heterocycles. The molecule has 0 fully saturated rings. The van der Waals surface area contributed by atoms with Crippen molar-refractivity contribution in [3.63, 3.8) is 0 Å². The quantitative estimate of drug-likeness (QED) is 0.719. The normalized spacial score (nSPS) is 10.8. The van der Waals surface area contributed by atoms with Crippen LogP contribution in [0.1, 0.15) is 26.3 Å². The first-order valence-electron chi connectivity index (χ1n) is 5.34. The Morgan fingerprint density at radius 1 is 1.24 bits per heavy atom. The van der Waals surface area contributed by atoms with Crippen molar-refractivity contribution in [2.24, 2.45) is 0 Å². The highest BCUT2D eigenvalue weighted by atomic mass is 16.2. The summed E-state index contributed by atoms with van der Waals surface area (Å²) in [6.07, 6.45) is 1.58. The van der Waals surface area contributed by atoms with Gasteiger partial charge in [0.15, 0.2) is 0 Å². The summed E-state index contributed by atoms with van der Waals surface area (Å²) in [7, 11) is 0. The van der Waals surface area contributed by atoms with E-state index in [4.69, 9.17) is 0 Å². The van der Waals surface area contributed by atoms with Gasteiger partial charge < -0.3 is 10.6 Å². The molecule has 2 N–H and O–H groups in total. The van der Waals surface area contributed by atoms with Crippen LogP contribution in [-0.2, 0) is 9.59 Å². The van der Waals surface area contributed by atoms with Gasteiger partial charge in [0.05, 0.1) is 0 Å². The highest BCUT2D eigenvalue weighted by molar-refractivity contribution is 6.39. The zero-order chi connectivity index (χ0) is 13.1. The predicted molar refractivity (Wildman–Crippen MR) is 65.5 cm³/mol. The minimum Gasteiger partial charge on any atom is -0.343 e. The molecule has 0 aliphatic rings. The van der Waals surface area contributed by atoms with Crippen molar-refractivity contribution in [1.82, 2.24) is 10.3 Å². The molecular formula is C12H17N3O2. The third-order valence-electron chi connectivity index (χ3n) is 1.85. The van der Waals surface area contributed by atoms with Crippen LogP contribution in [-0.4, -0.2) is 22.3 Å². The first kappa shape index (κ1) is 13.2. The summed E-state index contributed by atoms with van der Waals surface area (Å²) in [5, 5.41) is 5.02. The SMILES string of the molecule is Cc1ccnc(NC(=O)C(=O)NC(C)(C)C)c1. The van der Waals surface area contributed by atoms with Crippen LogP contribution in [0.3, 0.4) is 0 Å². The number of carbonyl (C=O) groups excluding carboxylic acids is 2. The van der Waals surface area contributed by atoms with Crippen LogP contribution in [0.2, 0.25) is 0 Å². The Morgan fingerprint density at radius 3 is 2.41 bits per heavy atom. The second-order valence-electron chi connectivity index (χ2n) is 4.88. The topological polar surface area (TPSA) is 71.1 Å². The molecule has 2 amide bonds. The summed E-state index contributed by atoms with van der Waals surface area (Å²) in [5.74, 6) is -1.00. The molecule has 0 saturated heterocycles. The number of anilines is 1. The first-order valence-corrected chi connectivity index (χ1v) is 5.34. The highest BCUT2D eigenvalue weighted by Crippen LogP contribution is 2.05. The van der Waals surface area contributed by atoms with Crippen LogP contribution in [0.25, 0.3) is 0 Å². The van der Waals surface area contributed by atoms with E-state index >= 15 is 0 Å². The number of nitrogens with zero attached hydrogens (tertiary/aromatic N) is 1. The summed E-state index contributed by atoms with van der Waals surface area (Å²) in [6, 6.07) is 3.51. The molecule has 5 nitrogen and oxygen atoms in total. The smallest absolute Gasteiger partial charge is 0.314 e. The van der Waals surface area contributed by atoms with Crippen molar-refractivity contribution in [1.29, 1.82) is 0 Å². The van der Waals surface area contributed by atoms with Crippen LogP contribution in [0.4, 0.5) is 5.82 Å². The number of amides is 2. The van der Waals surface area contributed by atoms with E-state index in [0.29, 0.717) is 5.82 Å². The molecule has 0 aliphatic heterocycles. The van der Waals surface area contributed by atoms with E-state index in [1.54, 1.807) is 12.3 Å². The molecule has 92 valence electrons. The van der Waals surface area contributed by atoms with Crippen LogP contribution in [0, 0.1) is 6.92 Å². The van der Waals surface area contributed by atoms with E-state index in [1.807, 2.05) is 33.8 Å². The summed E-state index contributed by atoms with van der Waals surface area (Å²) in [5.41, 5.74) is 0.528. The van der Waals surface area contributed by atoms with Gasteiger partial charge in [0.1, 0.15) is 5.82 Å². The number of nitrogens with one attached hydrogen (secondary N) is 2. The number of aromatic nitrogens is 1. The lowest BCUT2D eigenvalue weighted by Crippen LogP contribution is -2.46. The molecule has 0 spiro atoms. The molecule has 5 heteroatoms. The molecule has 1 aromatic heterocycles. The van der Waals surface area contributed by atoms with Crippen molar-refractivity contribution < 1.29 is 9.59 Å². The van der Waals surface area contributed by atoms with Gasteiger partial charge in [-0.3, -0.25) is 9.59 Å². The predicted octanol–water partition coefficient (Wildman–Crippen LogP) is 1.24. The average molecular weight is 235 g/mol. The van der Waals surface area contributed by atoms with Crippen LogP contribution >= 0.6 is 0 Å². The third-order valence-corrected chi connectivity index (χ3v) is 1.85. The van der Waals surface area contributed by atoms with Gasteiger partial charge in [-0.15, -0.1) is 0 Å². The van der Waals surface area contributed by atoms with E-state index in [-0.39, 0.29) is 0 Å². The molecule has 0 bridgehead atoms. The fourth-order valence-electron chi connectivity index (χ4n) is 1.17. The lowest BCUT2D eigenvalue weighted by molar-refractivity contribution is -0.137. The molecule has 0 unspecified atom stereocenters. The minimum atomic E-state index is -0.710. The van der Waals surface area contributed by atoms with Crippen molar-refractivity contribution in [2.75, 3.05) is 5.32 Å². The second-order valence-corrected chi connectivity index (χ2v) is 4.88. The zero-order valence-electron chi connectivity index (χ0n) is 10.5. The number of pyridine rings is 1. The van der Waals surface area contributed by atoms with Crippen molar-refractivity contribution in [2.45, 2.75) is 33.2 Å². The molecule has 1 rings (SSSR count). The Balaban J connectivity index is 2.64. The second kappa shape index (κ2) is 4.95. The fourth-order valence-corrected chi connectivity index (χ4v) is 1.17. The van der Waals surface area contributed by atoms with E-state index in [2.05, 4.69) is 15.6 Å². The Hall–Kier alpha value is -1.91. The molecular weight excluding hydrogens is 218 g/mol. The van der Waals surface area contributed by atoms with Crippen LogP contribution in [0.15, 0.2) is 18.3 Å². The Morgan fingerprint density at radius 2 is 1.88 bits per heavy atom. The van der Waals surface area contributed by atoms with E-state index in [0.717, 1.165) is 5.56 Å². The van der Waals surface area contributed by atoms with Crippen LogP contribution in [0.5, 0.6) is 0 Å². The van der Waals surface area contributed by atoms with Gasteiger partial charge in [0.2, 0.25) is 0 Å². The van der Waals surface area contributed by atoms with Gasteiger partial charge in [-0.1, -0.05) is 0 Å². The van der Waals surface area contributed by atoms with Gasteiger partial charge in [0, 0.05) is 11.7 Å². The maximum atomic E-state index is 11.5. The van der Waals surface area contributed by atoms with Crippen molar-refractivity contribution in [3.8, 4) is 0 Å². The number of carbonyl (C=O) groups is 2. The van der Waals surface area contributed by atoms with Gasteiger partial charge in [-0.2, -0.15) is 0 Å². The largest absolute Gasteiger partial charge is 0.343 e. The summed E-state index contributed by atoms with van der Waals surface area (Å²) >= 11 is 0. The maximum Gasteiger partial charge on any atom is 0.314 e. The van der Waals surface area contributed by atoms with E-state index in [1.165, 1.54) is 0 Å². The molecule has 0 aromatic carbocycles. The van der Waals surface area contributed by atoms with Gasteiger partial charge >= 0.3 is 11.8 Å². The van der Waals surface area contributed by atoms with Crippen LogP contribution < -0.4 is 10.6 Å². The lowest BCUT2D eigenvalue weighted by Gasteiger charge is -2.19. The van der Waals surface area contributed by atoms with Gasteiger partial charge in [-0.25, -0.2) is 4.98 Å². The number of aryl methyl sites for hydroxylation is 1. The third kappa shape index (κ3) is 4.63. The molecule has 17 heavy (non-hydrogen) atoms. The standard InChI is InChI=1S/C12H17N3O2/c1-8-5-6-13-9(7-8)14-10(16)11(17)15-12(2,3)4/h5-7H,1-4H3,(H,15,17)(H,13,14,16). The first-order chi connectivity index (χ1) is 7.78. The molecule has 0 aliphatic carbocycles. The Kier molecular flexibility index (Phi) is 3.83. The Bertz CT molecular complexity index is 436. The zero-order valence-corrected chi connectivity index (χ0v) is 10.5. The van der Waals surface area contributed by atoms with E-state index < -0.39 is 17.4 Å². The van der Waals surface area contributed by atoms with Crippen molar-refractivity contribution in [3.05, 3.63) is 23.9 Å². The maximum absolute atomic E-state index is 11.5. The Labute approximate surface area is 101 Å². The average Bonchev–Trinajstić information content (AvgIpc) is 2.14. The summed E-state index contributed by atoms with van der Waals surface area (Å²) in [4.78, 5) is 27.0. The highest BCUT2D eigenvalue weighted by Gasteiger charge is 2.20. The minimum absolute atomic E-state index is 0.374. The number of hydrogen-bond donors (Lipinski definition) is 2. The number of hydrogen-bond acceptors (Lipinski definition) is 3. The fraction of sp³-hybridized carbons (Fsp3) is 0.417. The summed E-state index contributed by atoms with van der Waals surface area (Å²) < 4.78 is 0. The number of rotatable bonds is 1. The molecule has 0 saturated carbocycles. The monoisotopic (exact) mass is 235 g/mol. The van der Waals surface area contributed by atoms with E-state index in [9.17, 15) is 9.59 Å². The van der Waals surface area contributed by atoms with Gasteiger partial charge in [0.25, 0.3) is 0 Å². The van der Waals surface area contributed by atoms with Crippen molar-refractivity contribution >= 4 is 17.6 Å². The molecule has 1 aromatic rings.